The van der Waals surface area contributed by atoms with Gasteiger partial charge in [-0.2, -0.15) is 22.3 Å². The average molecular weight is 258 g/mol. The smallest absolute Gasteiger partial charge is 0.282 e. The van der Waals surface area contributed by atoms with E-state index in [0.717, 1.165) is 8.61 Å². The van der Waals surface area contributed by atoms with Crippen LogP contribution in [-0.4, -0.2) is 42.8 Å². The molecule has 8 heteroatoms. The fraction of sp³-hybridized carbons (Fsp3) is 0.556. The van der Waals surface area contributed by atoms with E-state index < -0.39 is 10.2 Å². The highest BCUT2D eigenvalue weighted by atomic mass is 32.2. The molecule has 0 aromatic carbocycles. The van der Waals surface area contributed by atoms with Crippen molar-refractivity contribution < 1.29 is 12.9 Å². The minimum absolute atomic E-state index is 0.00505. The van der Waals surface area contributed by atoms with Crippen molar-refractivity contribution >= 4 is 10.2 Å². The summed E-state index contributed by atoms with van der Waals surface area (Å²) in [6, 6.07) is 3.45. The standard InChI is InChI=1S/C9H14N4O3S/c1-8-6-9(16-11-8)7-13(5-4-10)17(14,15)12(2)3/h6H,5,7H2,1-3H3. The van der Waals surface area contributed by atoms with Crippen LogP contribution in [0.3, 0.4) is 0 Å². The van der Waals surface area contributed by atoms with Gasteiger partial charge in [-0.15, -0.1) is 0 Å². The first-order chi connectivity index (χ1) is 7.87. The van der Waals surface area contributed by atoms with E-state index in [1.807, 2.05) is 6.07 Å². The van der Waals surface area contributed by atoms with Crippen LogP contribution in [0.15, 0.2) is 10.6 Å². The molecule has 7 nitrogen and oxygen atoms in total. The Morgan fingerprint density at radius 3 is 2.59 bits per heavy atom. The summed E-state index contributed by atoms with van der Waals surface area (Å²) in [5, 5.41) is 12.3. The molecular formula is C9H14N4O3S. The quantitative estimate of drug-likeness (QED) is 0.699. The van der Waals surface area contributed by atoms with Crippen molar-refractivity contribution in [2.45, 2.75) is 13.5 Å². The predicted octanol–water partition coefficient (Wildman–Crippen LogP) is 0.115. The second-order valence-electron chi connectivity index (χ2n) is 3.65. The topological polar surface area (TPSA) is 90.4 Å². The van der Waals surface area contributed by atoms with Crippen LogP contribution in [0.4, 0.5) is 0 Å². The lowest BCUT2D eigenvalue weighted by Crippen LogP contribution is -2.39. The van der Waals surface area contributed by atoms with Gasteiger partial charge >= 0.3 is 0 Å². The van der Waals surface area contributed by atoms with Crippen LogP contribution in [-0.2, 0) is 16.8 Å². The minimum atomic E-state index is -3.63. The Morgan fingerprint density at radius 1 is 1.53 bits per heavy atom. The Kier molecular flexibility index (Phi) is 4.22. The maximum Gasteiger partial charge on any atom is 0.282 e. The molecule has 0 aliphatic heterocycles. The highest BCUT2D eigenvalue weighted by molar-refractivity contribution is 7.86. The molecule has 0 spiro atoms. The van der Waals surface area contributed by atoms with Crippen molar-refractivity contribution in [1.82, 2.24) is 13.8 Å². The van der Waals surface area contributed by atoms with Crippen molar-refractivity contribution in [3.63, 3.8) is 0 Å². The molecule has 0 aliphatic rings. The van der Waals surface area contributed by atoms with Crippen LogP contribution in [0.5, 0.6) is 0 Å². The molecule has 0 N–H and O–H groups in total. The summed E-state index contributed by atoms with van der Waals surface area (Å²) in [4.78, 5) is 0. The summed E-state index contributed by atoms with van der Waals surface area (Å²) in [6.45, 7) is 1.50. The molecule has 94 valence electrons. The first-order valence-corrected chi connectivity index (χ1v) is 6.24. The summed E-state index contributed by atoms with van der Waals surface area (Å²) in [6.07, 6.45) is 0. The third-order valence-corrected chi connectivity index (χ3v) is 3.88. The molecule has 0 bridgehead atoms. The van der Waals surface area contributed by atoms with Crippen LogP contribution < -0.4 is 0 Å². The Hall–Kier alpha value is -1.43. The second-order valence-corrected chi connectivity index (χ2v) is 5.79. The largest absolute Gasteiger partial charge is 0.360 e. The van der Waals surface area contributed by atoms with Crippen LogP contribution in [0, 0.1) is 18.3 Å². The second kappa shape index (κ2) is 5.27. The lowest BCUT2D eigenvalue weighted by atomic mass is 10.4. The molecular weight excluding hydrogens is 244 g/mol. The van der Waals surface area contributed by atoms with E-state index in [1.54, 1.807) is 13.0 Å². The van der Waals surface area contributed by atoms with Gasteiger partial charge in [0.1, 0.15) is 6.54 Å². The molecule has 0 unspecified atom stereocenters. The Balaban J connectivity index is 2.92. The van der Waals surface area contributed by atoms with E-state index in [0.29, 0.717) is 11.5 Å². The fourth-order valence-electron chi connectivity index (χ4n) is 1.19. The van der Waals surface area contributed by atoms with Crippen molar-refractivity contribution in [2.75, 3.05) is 20.6 Å². The van der Waals surface area contributed by atoms with Crippen LogP contribution in [0.25, 0.3) is 0 Å². The summed E-state index contributed by atoms with van der Waals surface area (Å²) in [7, 11) is -0.818. The van der Waals surface area contributed by atoms with Gasteiger partial charge in [0.2, 0.25) is 0 Å². The van der Waals surface area contributed by atoms with E-state index in [4.69, 9.17) is 9.78 Å². The number of aromatic nitrogens is 1. The summed E-state index contributed by atoms with van der Waals surface area (Å²) in [5.41, 5.74) is 0.666. The zero-order valence-electron chi connectivity index (χ0n) is 9.91. The maximum atomic E-state index is 11.9. The van der Waals surface area contributed by atoms with Crippen LogP contribution in [0.1, 0.15) is 11.5 Å². The highest BCUT2D eigenvalue weighted by Crippen LogP contribution is 2.11. The van der Waals surface area contributed by atoms with E-state index in [-0.39, 0.29) is 13.1 Å². The zero-order valence-corrected chi connectivity index (χ0v) is 10.7. The molecule has 1 aromatic rings. The molecule has 0 atom stereocenters. The number of hydrogen-bond donors (Lipinski definition) is 0. The zero-order chi connectivity index (χ0) is 13.1. The monoisotopic (exact) mass is 258 g/mol. The summed E-state index contributed by atoms with van der Waals surface area (Å²) in [5.74, 6) is 0.406. The Labute approximate surface area is 100 Å². The van der Waals surface area contributed by atoms with Gasteiger partial charge in [-0.05, 0) is 6.92 Å². The molecule has 0 saturated heterocycles. The highest BCUT2D eigenvalue weighted by Gasteiger charge is 2.25. The van der Waals surface area contributed by atoms with Gasteiger partial charge in [0.05, 0.1) is 18.3 Å². The number of rotatable bonds is 5. The number of hydrogen-bond acceptors (Lipinski definition) is 5. The molecule has 0 saturated carbocycles. The van der Waals surface area contributed by atoms with Gasteiger partial charge in [-0.1, -0.05) is 5.16 Å². The Bertz CT molecular complexity index is 515. The average Bonchev–Trinajstić information content (AvgIpc) is 2.63. The van der Waals surface area contributed by atoms with Gasteiger partial charge in [-0.3, -0.25) is 0 Å². The van der Waals surface area contributed by atoms with E-state index >= 15 is 0 Å². The van der Waals surface area contributed by atoms with Gasteiger partial charge in [0.25, 0.3) is 10.2 Å². The van der Waals surface area contributed by atoms with Crippen LogP contribution in [0.2, 0.25) is 0 Å². The fourth-order valence-corrected chi connectivity index (χ4v) is 2.17. The molecule has 17 heavy (non-hydrogen) atoms. The molecule has 0 radical (unpaired) electrons. The molecule has 1 heterocycles. The van der Waals surface area contributed by atoms with Crippen LogP contribution >= 0.6 is 0 Å². The van der Waals surface area contributed by atoms with E-state index in [1.165, 1.54) is 14.1 Å². The first-order valence-electron chi connectivity index (χ1n) is 4.84. The lowest BCUT2D eigenvalue weighted by Gasteiger charge is -2.21. The van der Waals surface area contributed by atoms with Gasteiger partial charge in [0.15, 0.2) is 5.76 Å². The van der Waals surface area contributed by atoms with Gasteiger partial charge in [-0.25, -0.2) is 0 Å². The SMILES string of the molecule is Cc1cc(CN(CC#N)S(=O)(=O)N(C)C)on1. The molecule has 0 amide bonds. The van der Waals surface area contributed by atoms with Crippen molar-refractivity contribution in [3.8, 4) is 6.07 Å². The first kappa shape index (κ1) is 13.6. The van der Waals surface area contributed by atoms with Gasteiger partial charge < -0.3 is 4.52 Å². The van der Waals surface area contributed by atoms with Crippen molar-refractivity contribution in [3.05, 3.63) is 17.5 Å². The molecule has 1 rings (SSSR count). The molecule has 1 aromatic heterocycles. The van der Waals surface area contributed by atoms with Gasteiger partial charge in [0, 0.05) is 20.2 Å². The van der Waals surface area contributed by atoms with E-state index in [2.05, 4.69) is 5.16 Å². The summed E-state index contributed by atoms with van der Waals surface area (Å²) >= 11 is 0. The van der Waals surface area contributed by atoms with E-state index in [9.17, 15) is 8.42 Å². The number of nitrogens with zero attached hydrogens (tertiary/aromatic N) is 4. The number of nitriles is 1. The third kappa shape index (κ3) is 3.26. The minimum Gasteiger partial charge on any atom is -0.360 e. The van der Waals surface area contributed by atoms with Crippen molar-refractivity contribution in [1.29, 1.82) is 5.26 Å². The molecule has 0 aliphatic carbocycles. The summed E-state index contributed by atoms with van der Waals surface area (Å²) < 4.78 is 30.7. The number of aryl methyl sites for hydroxylation is 1. The van der Waals surface area contributed by atoms with Crippen molar-refractivity contribution in [2.24, 2.45) is 0 Å². The maximum absolute atomic E-state index is 11.9. The molecule has 0 fully saturated rings. The Morgan fingerprint density at radius 2 is 2.18 bits per heavy atom. The predicted molar refractivity (Wildman–Crippen MR) is 59.9 cm³/mol. The normalized spacial score (nSPS) is 12.0. The third-order valence-electron chi connectivity index (χ3n) is 2.04. The lowest BCUT2D eigenvalue weighted by molar-refractivity contribution is 0.322.